The van der Waals surface area contributed by atoms with Gasteiger partial charge in [0.15, 0.2) is 0 Å². The van der Waals surface area contributed by atoms with Crippen LogP contribution < -0.4 is 10.6 Å². The van der Waals surface area contributed by atoms with Crippen LogP contribution in [0.15, 0.2) is 24.3 Å². The Labute approximate surface area is 147 Å². The molecule has 1 aromatic heterocycles. The molecule has 0 atom stereocenters. The Morgan fingerprint density at radius 1 is 1.12 bits per heavy atom. The molecule has 138 valence electrons. The van der Waals surface area contributed by atoms with E-state index < -0.39 is 17.6 Å². The van der Waals surface area contributed by atoms with Crippen molar-refractivity contribution in [3.8, 4) is 0 Å². The van der Waals surface area contributed by atoms with Crippen LogP contribution in [0.25, 0.3) is 0 Å². The Bertz CT molecular complexity index is 850. The molecule has 0 unspecified atom stereocenters. The van der Waals surface area contributed by atoms with Gasteiger partial charge in [0, 0.05) is 19.2 Å². The minimum atomic E-state index is -4.46. The van der Waals surface area contributed by atoms with Crippen molar-refractivity contribution in [3.63, 3.8) is 0 Å². The first-order chi connectivity index (χ1) is 12.1. The fourth-order valence-corrected chi connectivity index (χ4v) is 2.26. The first kappa shape index (κ1) is 19.4. The van der Waals surface area contributed by atoms with Crippen molar-refractivity contribution in [1.29, 1.82) is 0 Å². The third-order valence-electron chi connectivity index (χ3n) is 3.44. The lowest BCUT2D eigenvalue weighted by Gasteiger charge is -2.12. The number of nitrogens with one attached hydrogen (secondary N) is 2. The Kier molecular flexibility index (Phi) is 5.59. The average Bonchev–Trinajstić information content (AvgIpc) is 2.51. The minimum absolute atomic E-state index is 0.00408. The van der Waals surface area contributed by atoms with Gasteiger partial charge in [0.05, 0.1) is 5.56 Å². The van der Waals surface area contributed by atoms with Crippen LogP contribution in [0.4, 0.5) is 19.1 Å². The van der Waals surface area contributed by atoms with E-state index in [0.29, 0.717) is 11.3 Å². The summed E-state index contributed by atoms with van der Waals surface area (Å²) in [4.78, 5) is 31.2. The zero-order chi connectivity index (χ0) is 19.5. The van der Waals surface area contributed by atoms with Crippen LogP contribution in [-0.4, -0.2) is 21.8 Å². The highest BCUT2D eigenvalue weighted by atomic mass is 19.4. The number of anilines is 1. The van der Waals surface area contributed by atoms with Crippen molar-refractivity contribution >= 4 is 17.8 Å². The predicted octanol–water partition coefficient (Wildman–Crippen LogP) is 3.00. The van der Waals surface area contributed by atoms with E-state index in [-0.39, 0.29) is 29.7 Å². The molecule has 1 heterocycles. The van der Waals surface area contributed by atoms with Crippen molar-refractivity contribution in [2.75, 3.05) is 5.32 Å². The van der Waals surface area contributed by atoms with Crippen molar-refractivity contribution < 1.29 is 22.8 Å². The fourth-order valence-electron chi connectivity index (χ4n) is 2.26. The average molecular weight is 366 g/mol. The van der Waals surface area contributed by atoms with Crippen LogP contribution in [0.3, 0.4) is 0 Å². The summed E-state index contributed by atoms with van der Waals surface area (Å²) < 4.78 is 38.8. The van der Waals surface area contributed by atoms with E-state index in [1.54, 1.807) is 6.92 Å². The molecule has 0 bridgehead atoms. The molecule has 2 rings (SSSR count). The van der Waals surface area contributed by atoms with Crippen molar-refractivity contribution in [1.82, 2.24) is 15.3 Å². The quantitative estimate of drug-likeness (QED) is 0.871. The number of aryl methyl sites for hydroxylation is 2. The third-order valence-corrected chi connectivity index (χ3v) is 3.44. The van der Waals surface area contributed by atoms with Gasteiger partial charge < -0.3 is 5.32 Å². The number of rotatable bonds is 4. The van der Waals surface area contributed by atoms with E-state index in [1.165, 1.54) is 32.0 Å². The molecule has 1 aromatic carbocycles. The molecule has 0 saturated carbocycles. The molecule has 9 heteroatoms. The molecular formula is C17H17F3N4O2. The van der Waals surface area contributed by atoms with Crippen molar-refractivity contribution in [2.24, 2.45) is 0 Å². The second kappa shape index (κ2) is 7.51. The molecule has 0 aliphatic carbocycles. The summed E-state index contributed by atoms with van der Waals surface area (Å²) in [5.41, 5.74) is 0.145. The predicted molar refractivity (Wildman–Crippen MR) is 88.4 cm³/mol. The maximum Gasteiger partial charge on any atom is 0.416 e. The summed E-state index contributed by atoms with van der Waals surface area (Å²) in [7, 11) is 0. The molecule has 2 aromatic rings. The monoisotopic (exact) mass is 366 g/mol. The maximum atomic E-state index is 12.9. The van der Waals surface area contributed by atoms with E-state index in [2.05, 4.69) is 20.6 Å². The Balaban J connectivity index is 2.14. The number of carbonyl (C=O) groups is 2. The van der Waals surface area contributed by atoms with Gasteiger partial charge in [-0.15, -0.1) is 0 Å². The number of benzene rings is 1. The lowest BCUT2D eigenvalue weighted by atomic mass is 10.0. The SMILES string of the molecule is CC(=O)Nc1nc(C)cc(C(=O)NCc2ccc(C)c(C(F)(F)F)c2)n1. The molecule has 2 N–H and O–H groups in total. The first-order valence-electron chi connectivity index (χ1n) is 7.64. The number of nitrogens with zero attached hydrogens (tertiary/aromatic N) is 2. The number of aromatic nitrogens is 2. The molecule has 0 radical (unpaired) electrons. The van der Waals surface area contributed by atoms with Gasteiger partial charge in [0.1, 0.15) is 5.69 Å². The topological polar surface area (TPSA) is 84.0 Å². The highest BCUT2D eigenvalue weighted by Gasteiger charge is 2.32. The van der Waals surface area contributed by atoms with E-state index in [0.717, 1.165) is 6.07 Å². The number of hydrogen-bond donors (Lipinski definition) is 2. The van der Waals surface area contributed by atoms with Gasteiger partial charge in [-0.2, -0.15) is 13.2 Å². The van der Waals surface area contributed by atoms with Gasteiger partial charge in [0.2, 0.25) is 11.9 Å². The standard InChI is InChI=1S/C17H17F3N4O2/c1-9-4-5-12(7-13(9)17(18,19)20)8-21-15(26)14-6-10(2)22-16(24-14)23-11(3)25/h4-7H,8H2,1-3H3,(H,21,26)(H,22,23,24,25). The molecule has 26 heavy (non-hydrogen) atoms. The summed E-state index contributed by atoms with van der Waals surface area (Å²) in [6.07, 6.45) is -4.46. The molecular weight excluding hydrogens is 349 g/mol. The summed E-state index contributed by atoms with van der Waals surface area (Å²) >= 11 is 0. The largest absolute Gasteiger partial charge is 0.416 e. The number of alkyl halides is 3. The summed E-state index contributed by atoms with van der Waals surface area (Å²) in [5, 5.41) is 4.89. The molecule has 0 aliphatic heterocycles. The van der Waals surface area contributed by atoms with Gasteiger partial charge in [0.25, 0.3) is 5.91 Å². The smallest absolute Gasteiger partial charge is 0.347 e. The van der Waals surface area contributed by atoms with E-state index >= 15 is 0 Å². The van der Waals surface area contributed by atoms with Gasteiger partial charge in [-0.25, -0.2) is 9.97 Å². The third kappa shape index (κ3) is 5.01. The lowest BCUT2D eigenvalue weighted by Crippen LogP contribution is -2.25. The van der Waals surface area contributed by atoms with Crippen LogP contribution >= 0.6 is 0 Å². The summed E-state index contributed by atoms with van der Waals surface area (Å²) in [6, 6.07) is 5.29. The van der Waals surface area contributed by atoms with Crippen LogP contribution in [0, 0.1) is 13.8 Å². The molecule has 0 spiro atoms. The second-order valence-electron chi connectivity index (χ2n) is 5.73. The molecule has 0 fully saturated rings. The van der Waals surface area contributed by atoms with E-state index in [1.807, 2.05) is 0 Å². The lowest BCUT2D eigenvalue weighted by molar-refractivity contribution is -0.138. The minimum Gasteiger partial charge on any atom is -0.347 e. The highest BCUT2D eigenvalue weighted by Crippen LogP contribution is 2.32. The normalized spacial score (nSPS) is 11.2. The molecule has 2 amide bonds. The molecule has 6 nitrogen and oxygen atoms in total. The van der Waals surface area contributed by atoms with E-state index in [9.17, 15) is 22.8 Å². The van der Waals surface area contributed by atoms with Crippen LogP contribution in [-0.2, 0) is 17.5 Å². The Hall–Kier alpha value is -2.97. The summed E-state index contributed by atoms with van der Waals surface area (Å²) in [5.74, 6) is -0.991. The number of halogens is 3. The van der Waals surface area contributed by atoms with Crippen LogP contribution in [0.5, 0.6) is 0 Å². The van der Waals surface area contributed by atoms with Crippen LogP contribution in [0.2, 0.25) is 0 Å². The van der Waals surface area contributed by atoms with Gasteiger partial charge >= 0.3 is 6.18 Å². The Morgan fingerprint density at radius 2 is 1.81 bits per heavy atom. The fraction of sp³-hybridized carbons (Fsp3) is 0.294. The van der Waals surface area contributed by atoms with Crippen LogP contribution in [0.1, 0.15) is 39.8 Å². The van der Waals surface area contributed by atoms with Gasteiger partial charge in [-0.3, -0.25) is 14.9 Å². The Morgan fingerprint density at radius 3 is 2.42 bits per heavy atom. The zero-order valence-electron chi connectivity index (χ0n) is 14.4. The number of carbonyl (C=O) groups excluding carboxylic acids is 2. The van der Waals surface area contributed by atoms with Gasteiger partial charge in [-0.05, 0) is 37.1 Å². The first-order valence-corrected chi connectivity index (χ1v) is 7.64. The summed E-state index contributed by atoms with van der Waals surface area (Å²) in [6.45, 7) is 4.18. The maximum absolute atomic E-state index is 12.9. The van der Waals surface area contributed by atoms with Gasteiger partial charge in [-0.1, -0.05) is 12.1 Å². The van der Waals surface area contributed by atoms with Crippen molar-refractivity contribution in [2.45, 2.75) is 33.5 Å². The number of amides is 2. The number of hydrogen-bond acceptors (Lipinski definition) is 4. The van der Waals surface area contributed by atoms with E-state index in [4.69, 9.17) is 0 Å². The van der Waals surface area contributed by atoms with Crippen molar-refractivity contribution in [3.05, 3.63) is 52.3 Å². The highest BCUT2D eigenvalue weighted by molar-refractivity contribution is 5.93. The zero-order valence-corrected chi connectivity index (χ0v) is 14.4. The second-order valence-corrected chi connectivity index (χ2v) is 5.73. The molecule has 0 aliphatic rings. The molecule has 0 saturated heterocycles.